The van der Waals surface area contributed by atoms with Crippen LogP contribution in [0.2, 0.25) is 0 Å². The van der Waals surface area contributed by atoms with E-state index in [1.165, 1.54) is 23.7 Å². The SMILES string of the molecule is COCc1nsc(NC(c2cccc(F)c2)c2ccccn2)n1. The Morgan fingerprint density at radius 3 is 2.91 bits per heavy atom. The first-order valence-electron chi connectivity index (χ1n) is 7.00. The first kappa shape index (κ1) is 15.5. The number of pyridine rings is 1. The number of nitrogens with zero attached hydrogens (tertiary/aromatic N) is 3. The zero-order valence-corrected chi connectivity index (χ0v) is 13.3. The molecule has 1 atom stereocenters. The van der Waals surface area contributed by atoms with Crippen LogP contribution in [0.4, 0.5) is 9.52 Å². The van der Waals surface area contributed by atoms with E-state index in [-0.39, 0.29) is 11.9 Å². The van der Waals surface area contributed by atoms with Crippen molar-refractivity contribution in [2.24, 2.45) is 0 Å². The van der Waals surface area contributed by atoms with Crippen LogP contribution in [0, 0.1) is 5.82 Å². The highest BCUT2D eigenvalue weighted by molar-refractivity contribution is 7.09. The van der Waals surface area contributed by atoms with E-state index in [1.807, 2.05) is 24.3 Å². The quantitative estimate of drug-likeness (QED) is 0.750. The minimum atomic E-state index is -0.310. The smallest absolute Gasteiger partial charge is 0.203 e. The van der Waals surface area contributed by atoms with Crippen LogP contribution in [0.3, 0.4) is 0 Å². The molecular weight excluding hydrogens is 315 g/mol. The fraction of sp³-hybridized carbons (Fsp3) is 0.188. The zero-order chi connectivity index (χ0) is 16.1. The van der Waals surface area contributed by atoms with Crippen molar-refractivity contribution < 1.29 is 9.13 Å². The highest BCUT2D eigenvalue weighted by Gasteiger charge is 2.18. The van der Waals surface area contributed by atoms with Crippen LogP contribution in [0.5, 0.6) is 0 Å². The van der Waals surface area contributed by atoms with E-state index in [4.69, 9.17) is 4.74 Å². The molecule has 5 nitrogen and oxygen atoms in total. The van der Waals surface area contributed by atoms with Gasteiger partial charge in [0.1, 0.15) is 12.4 Å². The molecule has 0 radical (unpaired) electrons. The Morgan fingerprint density at radius 2 is 2.17 bits per heavy atom. The standard InChI is InChI=1S/C16H15FN4OS/c1-22-10-14-19-16(23-21-14)20-15(13-7-2-3-8-18-13)11-5-4-6-12(17)9-11/h2-9,15H,10H2,1H3,(H,19,20,21). The van der Waals surface area contributed by atoms with Crippen LogP contribution in [0.1, 0.15) is 23.1 Å². The van der Waals surface area contributed by atoms with E-state index in [9.17, 15) is 4.39 Å². The largest absolute Gasteiger partial charge is 0.377 e. The van der Waals surface area contributed by atoms with Crippen molar-refractivity contribution >= 4 is 16.7 Å². The zero-order valence-electron chi connectivity index (χ0n) is 12.4. The summed E-state index contributed by atoms with van der Waals surface area (Å²) in [5.74, 6) is 0.321. The number of nitrogens with one attached hydrogen (secondary N) is 1. The van der Waals surface area contributed by atoms with Crippen LogP contribution < -0.4 is 5.32 Å². The molecule has 23 heavy (non-hydrogen) atoms. The summed E-state index contributed by atoms with van der Waals surface area (Å²) in [5, 5.41) is 3.91. The van der Waals surface area contributed by atoms with E-state index in [0.717, 1.165) is 11.3 Å². The number of hydrogen-bond acceptors (Lipinski definition) is 6. The molecule has 3 aromatic rings. The van der Waals surface area contributed by atoms with Gasteiger partial charge in [-0.15, -0.1) is 0 Å². The van der Waals surface area contributed by atoms with Gasteiger partial charge in [-0.3, -0.25) is 4.98 Å². The lowest BCUT2D eigenvalue weighted by molar-refractivity contribution is 0.179. The van der Waals surface area contributed by atoms with Gasteiger partial charge in [0.05, 0.1) is 11.7 Å². The van der Waals surface area contributed by atoms with E-state index >= 15 is 0 Å². The first-order chi connectivity index (χ1) is 11.3. The summed E-state index contributed by atoms with van der Waals surface area (Å²) in [6, 6.07) is 11.8. The molecule has 0 spiro atoms. The number of benzene rings is 1. The van der Waals surface area contributed by atoms with Crippen molar-refractivity contribution in [2.45, 2.75) is 12.6 Å². The Bertz CT molecular complexity index is 766. The Kier molecular flexibility index (Phi) is 4.89. The van der Waals surface area contributed by atoms with Crippen LogP contribution >= 0.6 is 11.5 Å². The van der Waals surface area contributed by atoms with E-state index in [2.05, 4.69) is 19.7 Å². The highest BCUT2D eigenvalue weighted by Crippen LogP contribution is 2.26. The third-order valence-corrected chi connectivity index (χ3v) is 3.86. The molecule has 0 aliphatic heterocycles. The Hall–Kier alpha value is -2.38. The second kappa shape index (κ2) is 7.26. The van der Waals surface area contributed by atoms with E-state index in [0.29, 0.717) is 17.6 Å². The third kappa shape index (κ3) is 3.88. The van der Waals surface area contributed by atoms with Crippen molar-refractivity contribution in [1.29, 1.82) is 0 Å². The van der Waals surface area contributed by atoms with Crippen molar-refractivity contribution in [3.8, 4) is 0 Å². The van der Waals surface area contributed by atoms with Crippen LogP contribution in [0.15, 0.2) is 48.7 Å². The van der Waals surface area contributed by atoms with Crippen molar-refractivity contribution in [3.05, 3.63) is 71.6 Å². The number of halogens is 1. The molecule has 0 aliphatic carbocycles. The first-order valence-corrected chi connectivity index (χ1v) is 7.78. The summed E-state index contributed by atoms with van der Waals surface area (Å²) in [6.07, 6.45) is 1.71. The number of hydrogen-bond donors (Lipinski definition) is 1. The van der Waals surface area contributed by atoms with Crippen LogP contribution in [-0.4, -0.2) is 21.5 Å². The summed E-state index contributed by atoms with van der Waals surface area (Å²) in [7, 11) is 1.59. The molecule has 0 aliphatic rings. The molecule has 0 bridgehead atoms. The summed E-state index contributed by atoms with van der Waals surface area (Å²) in [6.45, 7) is 0.354. The van der Waals surface area contributed by atoms with Crippen molar-refractivity contribution in [1.82, 2.24) is 14.3 Å². The number of aromatic nitrogens is 3. The van der Waals surface area contributed by atoms with Crippen LogP contribution in [0.25, 0.3) is 0 Å². The molecule has 0 saturated heterocycles. The van der Waals surface area contributed by atoms with Gasteiger partial charge in [-0.1, -0.05) is 18.2 Å². The van der Waals surface area contributed by atoms with Gasteiger partial charge in [0, 0.05) is 24.8 Å². The fourth-order valence-electron chi connectivity index (χ4n) is 2.18. The number of anilines is 1. The van der Waals surface area contributed by atoms with E-state index in [1.54, 1.807) is 19.4 Å². The summed E-state index contributed by atoms with van der Waals surface area (Å²) in [4.78, 5) is 8.73. The molecule has 118 valence electrons. The van der Waals surface area contributed by atoms with Crippen molar-refractivity contribution in [3.63, 3.8) is 0 Å². The van der Waals surface area contributed by atoms with Gasteiger partial charge in [0.15, 0.2) is 5.82 Å². The Balaban J connectivity index is 1.91. The maximum atomic E-state index is 13.6. The predicted octanol–water partition coefficient (Wildman–Crippen LogP) is 3.42. The lowest BCUT2D eigenvalue weighted by Crippen LogP contribution is -2.14. The molecule has 3 rings (SSSR count). The molecule has 1 N–H and O–H groups in total. The second-order valence-corrected chi connectivity index (χ2v) is 5.59. The number of methoxy groups -OCH3 is 1. The average Bonchev–Trinajstić information content (AvgIpc) is 3.01. The summed E-state index contributed by atoms with van der Waals surface area (Å²) in [5.41, 5.74) is 1.55. The monoisotopic (exact) mass is 330 g/mol. The van der Waals surface area contributed by atoms with Gasteiger partial charge >= 0.3 is 0 Å². The fourth-order valence-corrected chi connectivity index (χ4v) is 2.79. The minimum absolute atomic E-state index is 0.289. The maximum Gasteiger partial charge on any atom is 0.203 e. The maximum absolute atomic E-state index is 13.6. The topological polar surface area (TPSA) is 59.9 Å². The number of ether oxygens (including phenoxy) is 1. The van der Waals surface area contributed by atoms with Gasteiger partial charge in [-0.2, -0.15) is 4.37 Å². The lowest BCUT2D eigenvalue weighted by Gasteiger charge is -2.18. The summed E-state index contributed by atoms with van der Waals surface area (Å²) < 4.78 is 22.8. The Morgan fingerprint density at radius 1 is 1.26 bits per heavy atom. The second-order valence-electron chi connectivity index (χ2n) is 4.84. The molecule has 1 aromatic carbocycles. The minimum Gasteiger partial charge on any atom is -0.377 e. The summed E-state index contributed by atoms with van der Waals surface area (Å²) >= 11 is 1.24. The van der Waals surface area contributed by atoms with Gasteiger partial charge in [-0.05, 0) is 29.8 Å². The van der Waals surface area contributed by atoms with Gasteiger partial charge in [-0.25, -0.2) is 9.37 Å². The molecule has 0 amide bonds. The molecule has 7 heteroatoms. The Labute approximate surface area is 137 Å². The molecule has 1 unspecified atom stereocenters. The van der Waals surface area contributed by atoms with Gasteiger partial charge < -0.3 is 10.1 Å². The normalized spacial score (nSPS) is 12.1. The average molecular weight is 330 g/mol. The molecule has 0 fully saturated rings. The molecule has 0 saturated carbocycles. The highest BCUT2D eigenvalue weighted by atomic mass is 32.1. The lowest BCUT2D eigenvalue weighted by atomic mass is 10.0. The molecule has 2 aromatic heterocycles. The van der Waals surface area contributed by atoms with Gasteiger partial charge in [0.25, 0.3) is 0 Å². The molecule has 2 heterocycles. The van der Waals surface area contributed by atoms with Crippen molar-refractivity contribution in [2.75, 3.05) is 12.4 Å². The van der Waals surface area contributed by atoms with Crippen LogP contribution in [-0.2, 0) is 11.3 Å². The third-order valence-electron chi connectivity index (χ3n) is 3.17. The number of rotatable bonds is 6. The predicted molar refractivity (Wildman–Crippen MR) is 86.7 cm³/mol. The van der Waals surface area contributed by atoms with E-state index < -0.39 is 0 Å². The van der Waals surface area contributed by atoms with Gasteiger partial charge in [0.2, 0.25) is 5.13 Å². The molecular formula is C16H15FN4OS.